The number of ether oxygens (including phenoxy) is 1. The smallest absolute Gasteiger partial charge is 0.206 e. The fourth-order valence-electron chi connectivity index (χ4n) is 2.67. The van der Waals surface area contributed by atoms with Crippen LogP contribution < -0.4 is 10.5 Å². The summed E-state index contributed by atoms with van der Waals surface area (Å²) in [6.07, 6.45) is 0.0288. The maximum Gasteiger partial charge on any atom is 0.206 e. The highest BCUT2D eigenvalue weighted by Gasteiger charge is 2.22. The van der Waals surface area contributed by atoms with Crippen LogP contribution in [0.15, 0.2) is 48.5 Å². The van der Waals surface area contributed by atoms with E-state index >= 15 is 0 Å². The predicted octanol–water partition coefficient (Wildman–Crippen LogP) is 2.97. The molecule has 27 heavy (non-hydrogen) atoms. The van der Waals surface area contributed by atoms with E-state index in [0.29, 0.717) is 5.56 Å². The summed E-state index contributed by atoms with van der Waals surface area (Å²) in [5.41, 5.74) is 7.07. The summed E-state index contributed by atoms with van der Waals surface area (Å²) in [5.74, 6) is -2.88. The fraction of sp³-hybridized carbons (Fsp3) is 0.100. The Balaban J connectivity index is 1.87. The Bertz CT molecular complexity index is 943. The molecule has 0 bridgehead atoms. The maximum atomic E-state index is 10.0. The van der Waals surface area contributed by atoms with Crippen molar-refractivity contribution in [3.05, 3.63) is 65.2 Å². The van der Waals surface area contributed by atoms with E-state index in [1.165, 1.54) is 6.07 Å². The first-order valence-corrected chi connectivity index (χ1v) is 8.11. The second-order valence-corrected chi connectivity index (χ2v) is 6.04. The highest BCUT2D eigenvalue weighted by atomic mass is 16.5. The molecule has 3 rings (SSSR count). The molecule has 7 heteroatoms. The van der Waals surface area contributed by atoms with E-state index in [1.807, 2.05) is 30.3 Å². The SMILES string of the molecule is Nc1c(O)c(O)c(O)c(O)c1Cc1ccc(O)c(OCc2ccccc2)c1. The summed E-state index contributed by atoms with van der Waals surface area (Å²) in [6.45, 7) is 0.256. The minimum absolute atomic E-state index is 0.0288. The van der Waals surface area contributed by atoms with Crippen LogP contribution in [0.2, 0.25) is 0 Å². The third-order valence-electron chi connectivity index (χ3n) is 4.18. The number of phenolic OH excluding ortho intramolecular Hbond substituents is 5. The molecular weight excluding hydrogens is 350 g/mol. The Kier molecular flexibility index (Phi) is 4.85. The van der Waals surface area contributed by atoms with Crippen molar-refractivity contribution in [1.29, 1.82) is 0 Å². The highest BCUT2D eigenvalue weighted by Crippen LogP contribution is 2.49. The van der Waals surface area contributed by atoms with E-state index in [-0.39, 0.29) is 35.8 Å². The normalized spacial score (nSPS) is 10.7. The topological polar surface area (TPSA) is 136 Å². The number of nitrogens with two attached hydrogens (primary N) is 1. The van der Waals surface area contributed by atoms with Crippen LogP contribution in [0.4, 0.5) is 5.69 Å². The van der Waals surface area contributed by atoms with Crippen molar-refractivity contribution in [1.82, 2.24) is 0 Å². The molecule has 0 aliphatic heterocycles. The number of benzene rings is 3. The molecule has 0 aromatic heterocycles. The number of nitrogen functional groups attached to an aromatic ring is 1. The molecule has 3 aromatic carbocycles. The molecule has 0 atom stereocenters. The first-order chi connectivity index (χ1) is 12.9. The van der Waals surface area contributed by atoms with Crippen LogP contribution in [0.5, 0.6) is 34.5 Å². The average molecular weight is 369 g/mol. The minimum Gasteiger partial charge on any atom is -0.504 e. The van der Waals surface area contributed by atoms with Crippen molar-refractivity contribution in [2.24, 2.45) is 0 Å². The predicted molar refractivity (Wildman–Crippen MR) is 99.2 cm³/mol. The summed E-state index contributed by atoms with van der Waals surface area (Å²) >= 11 is 0. The van der Waals surface area contributed by atoms with Crippen molar-refractivity contribution in [2.75, 3.05) is 5.73 Å². The van der Waals surface area contributed by atoms with Gasteiger partial charge in [-0.1, -0.05) is 36.4 Å². The van der Waals surface area contributed by atoms with Gasteiger partial charge in [-0.3, -0.25) is 0 Å². The van der Waals surface area contributed by atoms with Gasteiger partial charge in [0.2, 0.25) is 11.5 Å². The van der Waals surface area contributed by atoms with Gasteiger partial charge in [-0.25, -0.2) is 0 Å². The maximum absolute atomic E-state index is 10.0. The Hall–Kier alpha value is -3.74. The molecule has 7 N–H and O–H groups in total. The van der Waals surface area contributed by atoms with E-state index in [2.05, 4.69) is 0 Å². The second-order valence-electron chi connectivity index (χ2n) is 6.04. The van der Waals surface area contributed by atoms with Crippen LogP contribution in [0.25, 0.3) is 0 Å². The summed E-state index contributed by atoms with van der Waals surface area (Å²) in [6, 6.07) is 14.0. The average Bonchev–Trinajstić information content (AvgIpc) is 2.69. The lowest BCUT2D eigenvalue weighted by Gasteiger charge is -2.14. The number of phenols is 5. The van der Waals surface area contributed by atoms with E-state index in [4.69, 9.17) is 10.5 Å². The van der Waals surface area contributed by atoms with E-state index in [0.717, 1.165) is 5.56 Å². The highest BCUT2D eigenvalue weighted by molar-refractivity contribution is 5.74. The first-order valence-electron chi connectivity index (χ1n) is 8.11. The van der Waals surface area contributed by atoms with Crippen LogP contribution in [-0.4, -0.2) is 25.5 Å². The molecule has 0 saturated heterocycles. The second kappa shape index (κ2) is 7.25. The van der Waals surface area contributed by atoms with Gasteiger partial charge in [0, 0.05) is 12.0 Å². The lowest BCUT2D eigenvalue weighted by atomic mass is 10.00. The van der Waals surface area contributed by atoms with Crippen molar-refractivity contribution >= 4 is 5.69 Å². The summed E-state index contributed by atoms with van der Waals surface area (Å²) in [5, 5.41) is 49.0. The van der Waals surface area contributed by atoms with Gasteiger partial charge in [-0.2, -0.15) is 0 Å². The van der Waals surface area contributed by atoms with Gasteiger partial charge >= 0.3 is 0 Å². The molecule has 0 radical (unpaired) electrons. The number of anilines is 1. The van der Waals surface area contributed by atoms with E-state index < -0.39 is 23.0 Å². The van der Waals surface area contributed by atoms with Gasteiger partial charge in [0.1, 0.15) is 6.61 Å². The molecule has 3 aromatic rings. The summed E-state index contributed by atoms with van der Waals surface area (Å²) in [7, 11) is 0. The van der Waals surface area contributed by atoms with E-state index in [1.54, 1.807) is 12.1 Å². The van der Waals surface area contributed by atoms with Crippen molar-refractivity contribution in [3.63, 3.8) is 0 Å². The van der Waals surface area contributed by atoms with Gasteiger partial charge < -0.3 is 36.0 Å². The Morgan fingerprint density at radius 2 is 1.41 bits per heavy atom. The van der Waals surface area contributed by atoms with Crippen LogP contribution in [0, 0.1) is 0 Å². The van der Waals surface area contributed by atoms with Crippen LogP contribution in [-0.2, 0) is 13.0 Å². The zero-order valence-electron chi connectivity index (χ0n) is 14.3. The molecule has 0 saturated carbocycles. The third-order valence-corrected chi connectivity index (χ3v) is 4.18. The van der Waals surface area contributed by atoms with Crippen LogP contribution in [0.1, 0.15) is 16.7 Å². The molecule has 0 aliphatic carbocycles. The molecule has 0 unspecified atom stereocenters. The molecule has 0 heterocycles. The zero-order valence-corrected chi connectivity index (χ0v) is 14.3. The van der Waals surface area contributed by atoms with Gasteiger partial charge in [0.05, 0.1) is 5.69 Å². The van der Waals surface area contributed by atoms with Crippen molar-refractivity contribution < 1.29 is 30.3 Å². The fourth-order valence-corrected chi connectivity index (χ4v) is 2.67. The van der Waals surface area contributed by atoms with Gasteiger partial charge in [0.15, 0.2) is 23.0 Å². The number of aromatic hydroxyl groups is 5. The largest absolute Gasteiger partial charge is 0.504 e. The molecule has 0 amide bonds. The lowest BCUT2D eigenvalue weighted by Crippen LogP contribution is -1.99. The number of rotatable bonds is 5. The Labute approximate surface area is 155 Å². The molecule has 7 nitrogen and oxygen atoms in total. The number of hydrogen-bond acceptors (Lipinski definition) is 7. The van der Waals surface area contributed by atoms with Crippen molar-refractivity contribution in [2.45, 2.75) is 13.0 Å². The van der Waals surface area contributed by atoms with Gasteiger partial charge in [0.25, 0.3) is 0 Å². The Morgan fingerprint density at radius 3 is 2.11 bits per heavy atom. The van der Waals surface area contributed by atoms with Crippen molar-refractivity contribution in [3.8, 4) is 34.5 Å². The van der Waals surface area contributed by atoms with Crippen LogP contribution in [0.3, 0.4) is 0 Å². The van der Waals surface area contributed by atoms with Gasteiger partial charge in [-0.15, -0.1) is 0 Å². The summed E-state index contributed by atoms with van der Waals surface area (Å²) < 4.78 is 5.65. The van der Waals surface area contributed by atoms with E-state index in [9.17, 15) is 25.5 Å². The first kappa shape index (κ1) is 18.1. The van der Waals surface area contributed by atoms with Gasteiger partial charge in [-0.05, 0) is 23.3 Å². The zero-order chi connectivity index (χ0) is 19.6. The third kappa shape index (κ3) is 3.62. The Morgan fingerprint density at radius 1 is 0.741 bits per heavy atom. The molecule has 0 spiro atoms. The summed E-state index contributed by atoms with van der Waals surface area (Å²) in [4.78, 5) is 0. The molecule has 140 valence electrons. The number of hydrogen-bond donors (Lipinski definition) is 6. The monoisotopic (exact) mass is 369 g/mol. The molecule has 0 aliphatic rings. The molecule has 0 fully saturated rings. The lowest BCUT2D eigenvalue weighted by molar-refractivity contribution is 0.288. The minimum atomic E-state index is -0.883. The quantitative estimate of drug-likeness (QED) is 0.231. The molecular formula is C20H19NO6. The standard InChI is InChI=1S/C20H19NO6/c21-16-13(17(23)19(25)20(26)18(16)24)8-12-6-7-14(22)15(9-12)27-10-11-4-2-1-3-5-11/h1-7,9,22-26H,8,10,21H2. The van der Waals surface area contributed by atoms with Crippen LogP contribution >= 0.6 is 0 Å².